The van der Waals surface area contributed by atoms with Crippen molar-refractivity contribution in [2.45, 2.75) is 14.4 Å². The van der Waals surface area contributed by atoms with Gasteiger partial charge in [0.05, 0.1) is 55.3 Å². The average Bonchev–Trinajstić information content (AvgIpc) is 3.33. The second-order valence-electron chi connectivity index (χ2n) is 5.21. The minimum absolute atomic E-state index is 0. The number of carboxylic acids is 1. The fourth-order valence-corrected chi connectivity index (χ4v) is 2.20. The van der Waals surface area contributed by atoms with Crippen LogP contribution in [0.3, 0.4) is 0 Å². The van der Waals surface area contributed by atoms with Crippen LogP contribution in [0.1, 0.15) is 35.1 Å². The number of aromatic carboxylic acids is 1. The van der Waals surface area contributed by atoms with Crippen LogP contribution in [0.4, 0.5) is 8.78 Å². The largest absolute Gasteiger partial charge is 1.00 e. The fraction of sp³-hybridized carbons (Fsp3) is 0.222. The number of nitrogens with zero attached hydrogens (tertiary/aromatic N) is 6. The van der Waals surface area contributed by atoms with Crippen molar-refractivity contribution in [3.05, 3.63) is 59.9 Å². The molecule has 4 aromatic heterocycles. The molecule has 0 aliphatic carbocycles. The first-order valence-corrected chi connectivity index (χ1v) is 10.3. The van der Waals surface area contributed by atoms with Crippen LogP contribution in [0, 0.1) is 11.6 Å². The van der Waals surface area contributed by atoms with Gasteiger partial charge in [-0.05, 0) is 11.9 Å². The van der Waals surface area contributed by atoms with E-state index < -0.39 is 23.6 Å². The van der Waals surface area contributed by atoms with Gasteiger partial charge in [0.15, 0.2) is 22.9 Å². The summed E-state index contributed by atoms with van der Waals surface area (Å²) in [5, 5.41) is 17.9. The van der Waals surface area contributed by atoms with E-state index in [0.717, 1.165) is 35.5 Å². The van der Waals surface area contributed by atoms with Crippen molar-refractivity contribution in [3.8, 4) is 0 Å². The van der Waals surface area contributed by atoms with Gasteiger partial charge in [-0.2, -0.15) is 10.2 Å². The number of alkyl halides is 1. The molecular weight excluding hydrogens is 536 g/mol. The Morgan fingerprint density at radius 2 is 1.41 bits per heavy atom. The molecule has 0 atom stereocenters. The van der Waals surface area contributed by atoms with Crippen molar-refractivity contribution in [1.29, 1.82) is 0 Å². The molecule has 4 rings (SSSR count). The minimum atomic E-state index is -1.38. The normalized spacial score (nSPS) is 9.41. The molecule has 0 fully saturated rings. The molecule has 0 spiro atoms. The van der Waals surface area contributed by atoms with Gasteiger partial charge in [0.2, 0.25) is 0 Å². The van der Waals surface area contributed by atoms with Crippen LogP contribution in [-0.4, -0.2) is 52.7 Å². The standard InChI is InChI=1S/C9H8FN3O2.C7H4FN3O2.CH3I.CH4.Li/c1-2-15-9(14)7-4-12-13-5-6(10)3-11-8(7)13;8-4-1-9-6-5(7(12)13)2-10-11(6)3-4;1-2;;/h3-5H,2H2,1H3;1-3H,(H,12,13);1H3;1H4;/q;;;;+1/p-1. The summed E-state index contributed by atoms with van der Waals surface area (Å²) < 4.78 is 32.4. The van der Waals surface area contributed by atoms with Crippen LogP contribution in [-0.2, 0) is 4.74 Å². The number of halogens is 3. The summed E-state index contributed by atoms with van der Waals surface area (Å²) in [6.45, 7) is 1.98. The molecule has 0 saturated carbocycles. The van der Waals surface area contributed by atoms with Crippen LogP contribution in [0.2, 0.25) is 0 Å². The summed E-state index contributed by atoms with van der Waals surface area (Å²) in [6.07, 6.45) is 6.50. The second kappa shape index (κ2) is 13.7. The first-order chi connectivity index (χ1) is 14.4. The Balaban J connectivity index is 0.000000531. The smallest absolute Gasteiger partial charge is 0.545 e. The number of hydrogen-bond donors (Lipinski definition) is 0. The monoisotopic (exact) mass is 554 g/mol. The van der Waals surface area contributed by atoms with Crippen molar-refractivity contribution in [3.63, 3.8) is 0 Å². The number of fused-ring (bicyclic) bond motifs is 2. The molecule has 10 nitrogen and oxygen atoms in total. The maximum atomic E-state index is 12.8. The molecule has 4 aromatic rings. The van der Waals surface area contributed by atoms with Gasteiger partial charge in [0, 0.05) is 0 Å². The van der Waals surface area contributed by atoms with Gasteiger partial charge in [0.25, 0.3) is 0 Å². The van der Waals surface area contributed by atoms with Gasteiger partial charge in [-0.1, -0.05) is 30.0 Å². The van der Waals surface area contributed by atoms with Crippen LogP contribution < -0.4 is 24.0 Å². The molecule has 0 aromatic carbocycles. The third-order valence-electron chi connectivity index (χ3n) is 3.37. The van der Waals surface area contributed by atoms with Gasteiger partial charge in [-0.15, -0.1) is 0 Å². The summed E-state index contributed by atoms with van der Waals surface area (Å²) in [5.41, 5.74) is 0.438. The van der Waals surface area contributed by atoms with Crippen molar-refractivity contribution >= 4 is 45.8 Å². The van der Waals surface area contributed by atoms with E-state index in [9.17, 15) is 23.5 Å². The minimum Gasteiger partial charge on any atom is -0.545 e. The maximum absolute atomic E-state index is 12.8. The van der Waals surface area contributed by atoms with Gasteiger partial charge in [-0.25, -0.2) is 32.6 Å². The molecule has 0 unspecified atom stereocenters. The van der Waals surface area contributed by atoms with E-state index in [1.807, 2.05) is 4.93 Å². The zero-order chi connectivity index (χ0) is 22.3. The zero-order valence-electron chi connectivity index (χ0n) is 16.6. The molecule has 32 heavy (non-hydrogen) atoms. The number of hydrogen-bond acceptors (Lipinski definition) is 8. The van der Waals surface area contributed by atoms with Crippen molar-refractivity contribution in [2.24, 2.45) is 0 Å². The Morgan fingerprint density at radius 1 is 0.969 bits per heavy atom. The van der Waals surface area contributed by atoms with Crippen LogP contribution in [0.5, 0.6) is 0 Å². The second-order valence-corrected chi connectivity index (χ2v) is 5.21. The maximum Gasteiger partial charge on any atom is 1.00 e. The molecule has 0 N–H and O–H groups in total. The topological polar surface area (TPSA) is 127 Å². The van der Waals surface area contributed by atoms with E-state index in [1.165, 1.54) is 10.7 Å². The number of carboxylic acid groups (broad SMARTS) is 1. The molecule has 166 valence electrons. The van der Waals surface area contributed by atoms with Crippen LogP contribution in [0.25, 0.3) is 11.3 Å². The fourth-order valence-electron chi connectivity index (χ4n) is 2.20. The third-order valence-corrected chi connectivity index (χ3v) is 3.37. The zero-order valence-corrected chi connectivity index (χ0v) is 18.8. The van der Waals surface area contributed by atoms with Gasteiger partial charge >= 0.3 is 24.8 Å². The van der Waals surface area contributed by atoms with E-state index in [2.05, 4.69) is 42.8 Å². The quantitative estimate of drug-likeness (QED) is 0.136. The Hall–Kier alpha value is -2.63. The molecular formula is C18H18F2ILiN6O4. The van der Waals surface area contributed by atoms with Crippen molar-refractivity contribution in [2.75, 3.05) is 11.5 Å². The molecule has 0 radical (unpaired) electrons. The predicted octanol–water partition coefficient (Wildman–Crippen LogP) is -1.03. The Morgan fingerprint density at radius 3 is 1.84 bits per heavy atom. The Labute approximate surface area is 207 Å². The molecule has 0 aliphatic rings. The van der Waals surface area contributed by atoms with Gasteiger partial charge in [-0.3, -0.25) is 0 Å². The van der Waals surface area contributed by atoms with E-state index in [4.69, 9.17) is 4.74 Å². The first-order valence-electron chi connectivity index (χ1n) is 8.14. The van der Waals surface area contributed by atoms with Crippen LogP contribution in [0.15, 0.2) is 37.2 Å². The van der Waals surface area contributed by atoms with E-state index >= 15 is 0 Å². The Bertz CT molecular complexity index is 1190. The molecule has 0 bridgehead atoms. The average molecular weight is 554 g/mol. The van der Waals surface area contributed by atoms with Crippen LogP contribution >= 0.6 is 22.6 Å². The van der Waals surface area contributed by atoms with Crippen molar-refractivity contribution in [1.82, 2.24) is 29.2 Å². The predicted molar refractivity (Wildman–Crippen MR) is 113 cm³/mol. The number of aromatic nitrogens is 6. The molecule has 4 heterocycles. The van der Waals surface area contributed by atoms with E-state index in [0.29, 0.717) is 0 Å². The SMILES string of the molecule is C.CCOC(=O)c1cnn2cc(F)cnc12.CI.O=C([O-])c1cnn2cc(F)cnc12.[Li+]. The number of ether oxygens (including phenoxy) is 1. The molecule has 0 aliphatic heterocycles. The first kappa shape index (κ1) is 29.4. The van der Waals surface area contributed by atoms with Gasteiger partial charge in [0.1, 0.15) is 5.56 Å². The van der Waals surface area contributed by atoms with E-state index in [-0.39, 0.29) is 55.3 Å². The molecule has 0 saturated heterocycles. The summed E-state index contributed by atoms with van der Waals surface area (Å²) >= 11 is 2.15. The van der Waals surface area contributed by atoms with E-state index in [1.54, 1.807) is 6.92 Å². The van der Waals surface area contributed by atoms with Crippen molar-refractivity contribution < 1.29 is 47.1 Å². The third kappa shape index (κ3) is 6.94. The summed E-state index contributed by atoms with van der Waals surface area (Å²) in [5.74, 6) is -2.98. The number of carbonyl (C=O) groups excluding carboxylic acids is 2. The molecule has 0 amide bonds. The number of rotatable bonds is 3. The number of carbonyl (C=O) groups is 2. The number of esters is 1. The summed E-state index contributed by atoms with van der Waals surface area (Å²) in [6, 6.07) is 0. The van der Waals surface area contributed by atoms with Gasteiger partial charge < -0.3 is 14.6 Å². The summed E-state index contributed by atoms with van der Waals surface area (Å²) in [4.78, 5) is 31.2. The molecule has 14 heteroatoms. The Kier molecular flexibility index (Phi) is 12.6. The summed E-state index contributed by atoms with van der Waals surface area (Å²) in [7, 11) is 0.